The molecule has 0 saturated carbocycles. The Bertz CT molecular complexity index is 382. The zero-order chi connectivity index (χ0) is 12.1. The number of hydrogen-bond donors (Lipinski definition) is 1. The summed E-state index contributed by atoms with van der Waals surface area (Å²) in [6.07, 6.45) is 2.05. The Morgan fingerprint density at radius 1 is 1.56 bits per heavy atom. The van der Waals surface area contributed by atoms with Gasteiger partial charge in [0.1, 0.15) is 0 Å². The first-order valence-corrected chi connectivity index (χ1v) is 6.35. The Morgan fingerprint density at radius 3 is 2.81 bits per heavy atom. The van der Waals surface area contributed by atoms with Crippen molar-refractivity contribution in [2.75, 3.05) is 18.1 Å². The highest BCUT2D eigenvalue weighted by molar-refractivity contribution is 7.99. The number of rotatable bonds is 5. The second-order valence-corrected chi connectivity index (χ2v) is 4.96. The van der Waals surface area contributed by atoms with E-state index in [0.29, 0.717) is 10.8 Å². The molecule has 1 aromatic carbocycles. The molecule has 0 amide bonds. The van der Waals surface area contributed by atoms with Gasteiger partial charge in [0.25, 0.3) is 5.69 Å². The number of aryl methyl sites for hydroxylation is 1. The molecule has 0 aliphatic heterocycles. The minimum Gasteiger partial charge on any atom is -0.384 e. The third kappa shape index (κ3) is 3.41. The van der Waals surface area contributed by atoms with Crippen LogP contribution in [0, 0.1) is 17.0 Å². The summed E-state index contributed by atoms with van der Waals surface area (Å²) in [6, 6.07) is 5.22. The minimum atomic E-state index is -0.349. The molecule has 1 aromatic rings. The number of anilines is 1. The molecule has 0 aliphatic carbocycles. The van der Waals surface area contributed by atoms with E-state index in [0.717, 1.165) is 12.2 Å². The monoisotopic (exact) mass is 240 g/mol. The quantitative estimate of drug-likeness (QED) is 0.634. The molecule has 4 nitrogen and oxygen atoms in total. The summed E-state index contributed by atoms with van der Waals surface area (Å²) in [5.74, 6) is 0. The van der Waals surface area contributed by atoms with E-state index in [4.69, 9.17) is 0 Å². The zero-order valence-electron chi connectivity index (χ0n) is 9.69. The number of nitro benzene ring substituents is 1. The van der Waals surface area contributed by atoms with Crippen molar-refractivity contribution < 1.29 is 4.92 Å². The predicted octanol–water partition coefficient (Wildman–Crippen LogP) is 3.07. The molecule has 5 heteroatoms. The second-order valence-electron chi connectivity index (χ2n) is 3.69. The van der Waals surface area contributed by atoms with E-state index in [1.165, 1.54) is 0 Å². The third-order valence-corrected chi connectivity index (χ3v) is 3.37. The number of benzene rings is 1. The molecule has 16 heavy (non-hydrogen) atoms. The van der Waals surface area contributed by atoms with Crippen LogP contribution in [0.15, 0.2) is 18.2 Å². The van der Waals surface area contributed by atoms with Gasteiger partial charge in [0, 0.05) is 29.1 Å². The molecule has 1 rings (SSSR count). The van der Waals surface area contributed by atoms with E-state index in [-0.39, 0.29) is 10.6 Å². The number of thioether (sulfide) groups is 1. The van der Waals surface area contributed by atoms with Crippen LogP contribution in [0.3, 0.4) is 0 Å². The van der Waals surface area contributed by atoms with E-state index in [1.807, 2.05) is 12.3 Å². The molecule has 1 atom stereocenters. The molecule has 0 aliphatic rings. The lowest BCUT2D eigenvalue weighted by atomic mass is 10.2. The fraction of sp³-hybridized carbons (Fsp3) is 0.455. The predicted molar refractivity (Wildman–Crippen MR) is 69.3 cm³/mol. The van der Waals surface area contributed by atoms with Crippen LogP contribution in [0.2, 0.25) is 0 Å². The van der Waals surface area contributed by atoms with Gasteiger partial charge in [-0.1, -0.05) is 13.0 Å². The number of nitrogens with zero attached hydrogens (tertiary/aromatic N) is 1. The molecule has 0 fully saturated rings. The third-order valence-electron chi connectivity index (χ3n) is 2.40. The van der Waals surface area contributed by atoms with Crippen molar-refractivity contribution in [3.63, 3.8) is 0 Å². The molecule has 0 bridgehead atoms. The Kier molecular flexibility index (Phi) is 4.61. The van der Waals surface area contributed by atoms with E-state index in [2.05, 4.69) is 12.2 Å². The van der Waals surface area contributed by atoms with Crippen molar-refractivity contribution in [3.8, 4) is 0 Å². The number of nitro groups is 1. The molecular formula is C11H16N2O2S. The lowest BCUT2D eigenvalue weighted by molar-refractivity contribution is -0.385. The average Bonchev–Trinajstić information content (AvgIpc) is 2.27. The molecule has 88 valence electrons. The summed E-state index contributed by atoms with van der Waals surface area (Å²) in [5.41, 5.74) is 1.66. The first-order valence-electron chi connectivity index (χ1n) is 5.06. The van der Waals surface area contributed by atoms with Gasteiger partial charge in [-0.05, 0) is 19.2 Å². The standard InChI is InChI=1S/C11H16N2O2S/c1-8-4-5-10(6-11(8)13(14)15)12-7-9(2)16-3/h4-6,9,12H,7H2,1-3H3. The SMILES string of the molecule is CSC(C)CNc1ccc(C)c([N+](=O)[O-])c1. The summed E-state index contributed by atoms with van der Waals surface area (Å²) in [7, 11) is 0. The summed E-state index contributed by atoms with van der Waals surface area (Å²) in [4.78, 5) is 10.4. The van der Waals surface area contributed by atoms with Crippen LogP contribution in [0.1, 0.15) is 12.5 Å². The van der Waals surface area contributed by atoms with Gasteiger partial charge in [0.05, 0.1) is 4.92 Å². The number of hydrogen-bond acceptors (Lipinski definition) is 4. The summed E-state index contributed by atoms with van der Waals surface area (Å²) in [6.45, 7) is 4.66. The summed E-state index contributed by atoms with van der Waals surface area (Å²) in [5, 5.41) is 14.4. The number of nitrogens with one attached hydrogen (secondary N) is 1. The van der Waals surface area contributed by atoms with Gasteiger partial charge in [-0.15, -0.1) is 0 Å². The maximum atomic E-state index is 10.7. The van der Waals surface area contributed by atoms with Crippen LogP contribution < -0.4 is 5.32 Å². The van der Waals surface area contributed by atoms with Crippen molar-refractivity contribution in [1.82, 2.24) is 0 Å². The Labute approximate surface area is 99.6 Å². The topological polar surface area (TPSA) is 55.2 Å². The highest BCUT2D eigenvalue weighted by Gasteiger charge is 2.10. The highest BCUT2D eigenvalue weighted by Crippen LogP contribution is 2.22. The van der Waals surface area contributed by atoms with E-state index < -0.39 is 0 Å². The second kappa shape index (κ2) is 5.75. The minimum absolute atomic E-state index is 0.168. The van der Waals surface area contributed by atoms with Crippen molar-refractivity contribution >= 4 is 23.1 Å². The highest BCUT2D eigenvalue weighted by atomic mass is 32.2. The first-order chi connectivity index (χ1) is 7.54. The van der Waals surface area contributed by atoms with E-state index in [9.17, 15) is 10.1 Å². The average molecular weight is 240 g/mol. The van der Waals surface area contributed by atoms with E-state index in [1.54, 1.807) is 30.8 Å². The Hall–Kier alpha value is -1.23. The van der Waals surface area contributed by atoms with Crippen LogP contribution in [-0.2, 0) is 0 Å². The Balaban J connectivity index is 2.75. The van der Waals surface area contributed by atoms with Crippen LogP contribution >= 0.6 is 11.8 Å². The van der Waals surface area contributed by atoms with Crippen molar-refractivity contribution in [1.29, 1.82) is 0 Å². The van der Waals surface area contributed by atoms with Crippen molar-refractivity contribution in [3.05, 3.63) is 33.9 Å². The Morgan fingerprint density at radius 2 is 2.25 bits per heavy atom. The maximum Gasteiger partial charge on any atom is 0.274 e. The fourth-order valence-corrected chi connectivity index (χ4v) is 1.51. The van der Waals surface area contributed by atoms with Gasteiger partial charge >= 0.3 is 0 Å². The van der Waals surface area contributed by atoms with Gasteiger partial charge < -0.3 is 5.32 Å². The van der Waals surface area contributed by atoms with Gasteiger partial charge in [-0.2, -0.15) is 11.8 Å². The van der Waals surface area contributed by atoms with Gasteiger partial charge in [-0.3, -0.25) is 10.1 Å². The van der Waals surface area contributed by atoms with Crippen LogP contribution in [0.25, 0.3) is 0 Å². The summed E-state index contributed by atoms with van der Waals surface area (Å²) < 4.78 is 0. The molecule has 0 spiro atoms. The molecule has 0 saturated heterocycles. The fourth-order valence-electron chi connectivity index (χ4n) is 1.26. The molecule has 1 N–H and O–H groups in total. The molecule has 0 radical (unpaired) electrons. The molecule has 1 unspecified atom stereocenters. The zero-order valence-corrected chi connectivity index (χ0v) is 10.5. The van der Waals surface area contributed by atoms with Crippen molar-refractivity contribution in [2.45, 2.75) is 19.1 Å². The largest absolute Gasteiger partial charge is 0.384 e. The molecule has 0 heterocycles. The maximum absolute atomic E-state index is 10.7. The van der Waals surface area contributed by atoms with Crippen molar-refractivity contribution in [2.24, 2.45) is 0 Å². The smallest absolute Gasteiger partial charge is 0.274 e. The lowest BCUT2D eigenvalue weighted by Gasteiger charge is -2.11. The van der Waals surface area contributed by atoms with Crippen LogP contribution in [0.4, 0.5) is 11.4 Å². The van der Waals surface area contributed by atoms with E-state index >= 15 is 0 Å². The van der Waals surface area contributed by atoms with Crippen LogP contribution in [-0.4, -0.2) is 23.0 Å². The lowest BCUT2D eigenvalue weighted by Crippen LogP contribution is -2.12. The summed E-state index contributed by atoms with van der Waals surface area (Å²) >= 11 is 1.76. The van der Waals surface area contributed by atoms with Gasteiger partial charge in [0.15, 0.2) is 0 Å². The van der Waals surface area contributed by atoms with Crippen LogP contribution in [0.5, 0.6) is 0 Å². The molecule has 0 aromatic heterocycles. The van der Waals surface area contributed by atoms with Gasteiger partial charge in [-0.25, -0.2) is 0 Å². The van der Waals surface area contributed by atoms with Gasteiger partial charge in [0.2, 0.25) is 0 Å². The normalized spacial score (nSPS) is 12.2. The first kappa shape index (κ1) is 12.8. The molecular weight excluding hydrogens is 224 g/mol.